The van der Waals surface area contributed by atoms with Crippen molar-refractivity contribution in [3.05, 3.63) is 35.4 Å². The molecular weight excluding hydrogens is 254 g/mol. The van der Waals surface area contributed by atoms with Crippen molar-refractivity contribution in [3.8, 4) is 0 Å². The van der Waals surface area contributed by atoms with Crippen LogP contribution >= 0.6 is 0 Å². The quantitative estimate of drug-likeness (QED) is 0.773. The molecule has 0 aromatic heterocycles. The molecule has 20 heavy (non-hydrogen) atoms. The van der Waals surface area contributed by atoms with Crippen LogP contribution in [0.25, 0.3) is 0 Å². The highest BCUT2D eigenvalue weighted by atomic mass is 16.4. The summed E-state index contributed by atoms with van der Waals surface area (Å²) >= 11 is 0. The summed E-state index contributed by atoms with van der Waals surface area (Å²) in [4.78, 5) is 11.0. The van der Waals surface area contributed by atoms with Gasteiger partial charge in [0.25, 0.3) is 0 Å². The lowest BCUT2D eigenvalue weighted by Gasteiger charge is -2.39. The van der Waals surface area contributed by atoms with Crippen LogP contribution in [0.2, 0.25) is 0 Å². The molecule has 0 bridgehead atoms. The number of hydrogen-bond donors (Lipinski definition) is 3. The van der Waals surface area contributed by atoms with E-state index in [0.717, 1.165) is 24.8 Å². The summed E-state index contributed by atoms with van der Waals surface area (Å²) in [6.07, 6.45) is 4.30. The number of carboxylic acids is 1. The van der Waals surface area contributed by atoms with E-state index in [1.165, 1.54) is 6.42 Å². The Kier molecular flexibility index (Phi) is 4.78. The maximum Gasteiger partial charge on any atom is 0.335 e. The highest BCUT2D eigenvalue weighted by Gasteiger charge is 2.33. The Morgan fingerprint density at radius 3 is 2.95 bits per heavy atom. The van der Waals surface area contributed by atoms with E-state index < -0.39 is 5.97 Å². The third-order valence-electron chi connectivity index (χ3n) is 4.24. The van der Waals surface area contributed by atoms with Gasteiger partial charge in [-0.25, -0.2) is 4.79 Å². The molecule has 1 aromatic carbocycles. The zero-order chi connectivity index (χ0) is 14.6. The second kappa shape index (κ2) is 6.37. The Morgan fingerprint density at radius 1 is 1.50 bits per heavy atom. The lowest BCUT2D eigenvalue weighted by Crippen LogP contribution is -2.51. The summed E-state index contributed by atoms with van der Waals surface area (Å²) in [6.45, 7) is 2.95. The van der Waals surface area contributed by atoms with Gasteiger partial charge in [0.05, 0.1) is 12.2 Å². The molecule has 2 rings (SSSR count). The molecule has 4 heteroatoms. The summed E-state index contributed by atoms with van der Waals surface area (Å²) in [5, 5.41) is 22.2. The lowest BCUT2D eigenvalue weighted by atomic mass is 9.77. The third-order valence-corrected chi connectivity index (χ3v) is 4.24. The van der Waals surface area contributed by atoms with Crippen LogP contribution in [-0.2, 0) is 6.54 Å². The summed E-state index contributed by atoms with van der Waals surface area (Å²) in [5.74, 6) is -0.288. The molecule has 1 fully saturated rings. The van der Waals surface area contributed by atoms with Crippen LogP contribution in [0.5, 0.6) is 0 Å². The molecule has 1 aliphatic rings. The summed E-state index contributed by atoms with van der Waals surface area (Å²) in [7, 11) is 0. The topological polar surface area (TPSA) is 69.6 Å². The number of benzene rings is 1. The minimum absolute atomic E-state index is 0.135. The zero-order valence-electron chi connectivity index (χ0n) is 11.9. The van der Waals surface area contributed by atoms with E-state index in [0.29, 0.717) is 18.0 Å². The SMILES string of the molecule is CC1CCCC(CO)(NCc2cccc(C(=O)O)c2)C1. The Hall–Kier alpha value is -1.39. The number of aliphatic hydroxyl groups excluding tert-OH is 1. The fraction of sp³-hybridized carbons (Fsp3) is 0.562. The van der Waals surface area contributed by atoms with Crippen LogP contribution in [0.15, 0.2) is 24.3 Å². The van der Waals surface area contributed by atoms with Crippen molar-refractivity contribution in [2.24, 2.45) is 5.92 Å². The number of aromatic carboxylic acids is 1. The van der Waals surface area contributed by atoms with E-state index in [4.69, 9.17) is 5.11 Å². The van der Waals surface area contributed by atoms with Crippen LogP contribution in [0.3, 0.4) is 0 Å². The monoisotopic (exact) mass is 277 g/mol. The molecule has 4 nitrogen and oxygen atoms in total. The van der Waals surface area contributed by atoms with Crippen molar-refractivity contribution in [2.75, 3.05) is 6.61 Å². The van der Waals surface area contributed by atoms with E-state index in [1.807, 2.05) is 6.07 Å². The van der Waals surface area contributed by atoms with E-state index in [-0.39, 0.29) is 12.1 Å². The van der Waals surface area contributed by atoms with Crippen LogP contribution in [0, 0.1) is 5.92 Å². The highest BCUT2D eigenvalue weighted by Crippen LogP contribution is 2.32. The van der Waals surface area contributed by atoms with Crippen molar-refractivity contribution in [2.45, 2.75) is 44.7 Å². The van der Waals surface area contributed by atoms with E-state index in [9.17, 15) is 9.90 Å². The van der Waals surface area contributed by atoms with Crippen molar-refractivity contribution < 1.29 is 15.0 Å². The molecule has 0 heterocycles. The molecule has 110 valence electrons. The number of carboxylic acid groups (broad SMARTS) is 1. The van der Waals surface area contributed by atoms with E-state index in [1.54, 1.807) is 18.2 Å². The fourth-order valence-corrected chi connectivity index (χ4v) is 3.12. The second-order valence-corrected chi connectivity index (χ2v) is 6.00. The zero-order valence-corrected chi connectivity index (χ0v) is 11.9. The van der Waals surface area contributed by atoms with Gasteiger partial charge in [0.2, 0.25) is 0 Å². The predicted octanol–water partition coefficient (Wildman–Crippen LogP) is 2.42. The first-order chi connectivity index (χ1) is 9.54. The third kappa shape index (κ3) is 3.58. The number of aliphatic hydroxyl groups is 1. The van der Waals surface area contributed by atoms with Crippen molar-refractivity contribution >= 4 is 5.97 Å². The highest BCUT2D eigenvalue weighted by molar-refractivity contribution is 5.87. The Labute approximate surface area is 119 Å². The van der Waals surface area contributed by atoms with Gasteiger partial charge in [0.1, 0.15) is 0 Å². The number of nitrogens with one attached hydrogen (secondary N) is 1. The average Bonchev–Trinajstić information content (AvgIpc) is 2.45. The molecule has 0 amide bonds. The molecular formula is C16H23NO3. The van der Waals surface area contributed by atoms with Gasteiger partial charge in [-0.1, -0.05) is 31.9 Å². The number of carbonyl (C=O) groups is 1. The van der Waals surface area contributed by atoms with Gasteiger partial charge in [-0.2, -0.15) is 0 Å². The minimum Gasteiger partial charge on any atom is -0.478 e. The Bertz CT molecular complexity index is 475. The Balaban J connectivity index is 2.03. The molecule has 0 aliphatic heterocycles. The van der Waals surface area contributed by atoms with Crippen molar-refractivity contribution in [1.82, 2.24) is 5.32 Å². The summed E-state index contributed by atoms with van der Waals surface area (Å²) < 4.78 is 0. The van der Waals surface area contributed by atoms with Gasteiger partial charge < -0.3 is 15.5 Å². The molecule has 0 saturated heterocycles. The first-order valence-electron chi connectivity index (χ1n) is 7.23. The van der Waals surface area contributed by atoms with Crippen LogP contribution < -0.4 is 5.32 Å². The average molecular weight is 277 g/mol. The number of rotatable bonds is 5. The van der Waals surface area contributed by atoms with Gasteiger partial charge in [-0.3, -0.25) is 0 Å². The fourth-order valence-electron chi connectivity index (χ4n) is 3.12. The molecule has 3 N–H and O–H groups in total. The molecule has 2 unspecified atom stereocenters. The van der Waals surface area contributed by atoms with E-state index in [2.05, 4.69) is 12.2 Å². The number of hydrogen-bond acceptors (Lipinski definition) is 3. The van der Waals surface area contributed by atoms with Crippen LogP contribution in [0.1, 0.15) is 48.5 Å². The lowest BCUT2D eigenvalue weighted by molar-refractivity contribution is 0.0696. The van der Waals surface area contributed by atoms with Crippen molar-refractivity contribution in [3.63, 3.8) is 0 Å². The molecule has 2 atom stereocenters. The van der Waals surface area contributed by atoms with Gasteiger partial charge in [0, 0.05) is 12.1 Å². The van der Waals surface area contributed by atoms with E-state index >= 15 is 0 Å². The van der Waals surface area contributed by atoms with Gasteiger partial charge in [0.15, 0.2) is 0 Å². The molecule has 0 radical (unpaired) electrons. The molecule has 1 aromatic rings. The molecule has 1 aliphatic carbocycles. The van der Waals surface area contributed by atoms with Gasteiger partial charge in [-0.05, 0) is 36.5 Å². The normalized spacial score (nSPS) is 26.4. The smallest absolute Gasteiger partial charge is 0.335 e. The van der Waals surface area contributed by atoms with Gasteiger partial charge >= 0.3 is 5.97 Å². The van der Waals surface area contributed by atoms with Crippen LogP contribution in [0.4, 0.5) is 0 Å². The molecule has 1 saturated carbocycles. The maximum atomic E-state index is 11.0. The first-order valence-corrected chi connectivity index (χ1v) is 7.23. The maximum absolute atomic E-state index is 11.0. The minimum atomic E-state index is -0.907. The summed E-state index contributed by atoms with van der Waals surface area (Å²) in [6, 6.07) is 6.95. The summed E-state index contributed by atoms with van der Waals surface area (Å²) in [5.41, 5.74) is 1.03. The van der Waals surface area contributed by atoms with Crippen molar-refractivity contribution in [1.29, 1.82) is 0 Å². The first kappa shape index (κ1) is 15.0. The van der Waals surface area contributed by atoms with Gasteiger partial charge in [-0.15, -0.1) is 0 Å². The predicted molar refractivity (Wildman–Crippen MR) is 77.7 cm³/mol. The molecule has 0 spiro atoms. The Morgan fingerprint density at radius 2 is 2.30 bits per heavy atom. The largest absolute Gasteiger partial charge is 0.478 e. The second-order valence-electron chi connectivity index (χ2n) is 6.00. The standard InChI is InChI=1S/C16H23NO3/c1-12-4-3-7-16(9-12,11-18)17-10-13-5-2-6-14(8-13)15(19)20/h2,5-6,8,12,17-18H,3-4,7,9-11H2,1H3,(H,19,20). The van der Waals surface area contributed by atoms with Crippen LogP contribution in [-0.4, -0.2) is 28.3 Å².